The highest BCUT2D eigenvalue weighted by Crippen LogP contribution is 2.19. The number of nitrogens with zero attached hydrogens (tertiary/aromatic N) is 1. The molecule has 1 aliphatic heterocycles. The zero-order valence-electron chi connectivity index (χ0n) is 11.4. The molecule has 1 aliphatic rings. The molecule has 0 aliphatic carbocycles. The number of methoxy groups -OCH3 is 1. The van der Waals surface area contributed by atoms with E-state index in [0.717, 1.165) is 13.1 Å². The molecule has 1 aromatic heterocycles. The van der Waals surface area contributed by atoms with E-state index in [-0.39, 0.29) is 24.1 Å². The normalized spacial score (nSPS) is 23.0. The fraction of sp³-hybridized carbons (Fsp3) is 0.615. The van der Waals surface area contributed by atoms with E-state index >= 15 is 0 Å². The fourth-order valence-corrected chi connectivity index (χ4v) is 2.55. The van der Waals surface area contributed by atoms with E-state index < -0.39 is 0 Å². The van der Waals surface area contributed by atoms with Crippen LogP contribution in [0.1, 0.15) is 30.4 Å². The van der Waals surface area contributed by atoms with Gasteiger partial charge in [-0.05, 0) is 19.9 Å². The molecule has 2 N–H and O–H groups in total. The summed E-state index contributed by atoms with van der Waals surface area (Å²) in [5, 5.41) is 6.77. The average Bonchev–Trinajstić information content (AvgIpc) is 2.95. The lowest BCUT2D eigenvalue weighted by atomic mass is 10.2. The summed E-state index contributed by atoms with van der Waals surface area (Å²) in [4.78, 5) is 12.3. The summed E-state index contributed by atoms with van der Waals surface area (Å²) in [6, 6.07) is 1.88. The maximum absolute atomic E-state index is 12.3. The van der Waals surface area contributed by atoms with Crippen LogP contribution >= 0.6 is 11.6 Å². The maximum Gasteiger partial charge on any atom is 0.268 e. The summed E-state index contributed by atoms with van der Waals surface area (Å²) in [7, 11) is 1.66. The number of ether oxygens (including phenoxy) is 1. The van der Waals surface area contributed by atoms with Gasteiger partial charge < -0.3 is 19.9 Å². The van der Waals surface area contributed by atoms with Crippen LogP contribution in [-0.4, -0.2) is 42.8 Å². The van der Waals surface area contributed by atoms with E-state index in [2.05, 4.69) is 10.6 Å². The first-order chi connectivity index (χ1) is 9.02. The van der Waals surface area contributed by atoms with E-state index in [0.29, 0.717) is 10.7 Å². The van der Waals surface area contributed by atoms with Crippen LogP contribution in [0.15, 0.2) is 12.3 Å². The van der Waals surface area contributed by atoms with Crippen LogP contribution in [-0.2, 0) is 4.74 Å². The van der Waals surface area contributed by atoms with Crippen LogP contribution in [0.25, 0.3) is 0 Å². The van der Waals surface area contributed by atoms with E-state index in [1.165, 1.54) is 0 Å². The van der Waals surface area contributed by atoms with Crippen LogP contribution in [0.2, 0.25) is 5.02 Å². The highest BCUT2D eigenvalue weighted by Gasteiger charge is 2.29. The topological polar surface area (TPSA) is 55.3 Å². The second kappa shape index (κ2) is 5.94. The molecule has 1 amide bonds. The zero-order valence-corrected chi connectivity index (χ0v) is 12.2. The van der Waals surface area contributed by atoms with Crippen molar-refractivity contribution in [2.45, 2.75) is 32.0 Å². The molecule has 0 saturated carbocycles. The van der Waals surface area contributed by atoms with Crippen LogP contribution < -0.4 is 10.6 Å². The summed E-state index contributed by atoms with van der Waals surface area (Å²) in [6.07, 6.45) is 1.80. The molecule has 0 bridgehead atoms. The van der Waals surface area contributed by atoms with Crippen molar-refractivity contribution in [3.63, 3.8) is 0 Å². The predicted octanol–water partition coefficient (Wildman–Crippen LogP) is 1.44. The SMILES string of the molecule is CO[C@H]1CNCC1NC(=O)c1cc(Cl)cn1C(C)C. The van der Waals surface area contributed by atoms with Gasteiger partial charge in [0.25, 0.3) is 5.91 Å². The van der Waals surface area contributed by atoms with Crippen LogP contribution in [0, 0.1) is 0 Å². The van der Waals surface area contributed by atoms with Crippen LogP contribution in [0.4, 0.5) is 0 Å². The summed E-state index contributed by atoms with van der Waals surface area (Å²) >= 11 is 5.99. The van der Waals surface area contributed by atoms with Crippen molar-refractivity contribution in [2.24, 2.45) is 0 Å². The van der Waals surface area contributed by atoms with Gasteiger partial charge in [0.15, 0.2) is 0 Å². The lowest BCUT2D eigenvalue weighted by molar-refractivity contribution is 0.0772. The Morgan fingerprint density at radius 1 is 1.58 bits per heavy atom. The number of nitrogens with one attached hydrogen (secondary N) is 2. The molecule has 2 atom stereocenters. The van der Waals surface area contributed by atoms with E-state index in [4.69, 9.17) is 16.3 Å². The molecular weight excluding hydrogens is 266 g/mol. The van der Waals surface area contributed by atoms with Gasteiger partial charge in [0.1, 0.15) is 5.69 Å². The third kappa shape index (κ3) is 3.11. The highest BCUT2D eigenvalue weighted by molar-refractivity contribution is 6.31. The van der Waals surface area contributed by atoms with Gasteiger partial charge >= 0.3 is 0 Å². The zero-order chi connectivity index (χ0) is 14.0. The van der Waals surface area contributed by atoms with E-state index in [1.54, 1.807) is 19.4 Å². The molecule has 1 aromatic rings. The molecule has 106 valence electrons. The van der Waals surface area contributed by atoms with Gasteiger partial charge in [0.2, 0.25) is 0 Å². The predicted molar refractivity (Wildman–Crippen MR) is 74.7 cm³/mol. The summed E-state index contributed by atoms with van der Waals surface area (Å²) in [5.74, 6) is -0.114. The number of rotatable bonds is 4. The Morgan fingerprint density at radius 2 is 2.32 bits per heavy atom. The van der Waals surface area contributed by atoms with Gasteiger partial charge in [-0.15, -0.1) is 0 Å². The summed E-state index contributed by atoms with van der Waals surface area (Å²) in [5.41, 5.74) is 0.585. The van der Waals surface area contributed by atoms with Crippen molar-refractivity contribution in [3.05, 3.63) is 23.0 Å². The van der Waals surface area contributed by atoms with Crippen LogP contribution in [0.5, 0.6) is 0 Å². The number of hydrogen-bond acceptors (Lipinski definition) is 3. The molecule has 0 spiro atoms. The van der Waals surface area contributed by atoms with Crippen molar-refractivity contribution in [3.8, 4) is 0 Å². The van der Waals surface area contributed by atoms with Crippen LogP contribution in [0.3, 0.4) is 0 Å². The van der Waals surface area contributed by atoms with Gasteiger partial charge in [0.05, 0.1) is 17.2 Å². The van der Waals surface area contributed by atoms with Gasteiger partial charge in [-0.2, -0.15) is 0 Å². The number of amides is 1. The van der Waals surface area contributed by atoms with Crippen molar-refractivity contribution in [1.82, 2.24) is 15.2 Å². The third-order valence-corrected chi connectivity index (χ3v) is 3.59. The molecule has 1 unspecified atom stereocenters. The number of hydrogen-bond donors (Lipinski definition) is 2. The fourth-order valence-electron chi connectivity index (χ4n) is 2.34. The second-order valence-corrected chi connectivity index (χ2v) is 5.49. The van der Waals surface area contributed by atoms with Crippen molar-refractivity contribution in [1.29, 1.82) is 0 Å². The maximum atomic E-state index is 12.3. The van der Waals surface area contributed by atoms with Crippen molar-refractivity contribution >= 4 is 17.5 Å². The molecule has 2 heterocycles. The second-order valence-electron chi connectivity index (χ2n) is 5.06. The Bertz CT molecular complexity index is 459. The smallest absolute Gasteiger partial charge is 0.268 e. The van der Waals surface area contributed by atoms with Gasteiger partial charge in [-0.1, -0.05) is 11.6 Å². The largest absolute Gasteiger partial charge is 0.378 e. The van der Waals surface area contributed by atoms with E-state index in [9.17, 15) is 4.79 Å². The minimum absolute atomic E-state index is 0.00760. The lowest BCUT2D eigenvalue weighted by Crippen LogP contribution is -2.44. The van der Waals surface area contributed by atoms with Crippen molar-refractivity contribution < 1.29 is 9.53 Å². The van der Waals surface area contributed by atoms with Gasteiger partial charge in [0, 0.05) is 32.4 Å². The minimum Gasteiger partial charge on any atom is -0.378 e. The first-order valence-corrected chi connectivity index (χ1v) is 6.82. The number of carbonyl (C=O) groups excluding carboxylic acids is 1. The molecule has 19 heavy (non-hydrogen) atoms. The molecule has 0 aromatic carbocycles. The van der Waals surface area contributed by atoms with Gasteiger partial charge in [-0.3, -0.25) is 4.79 Å². The Balaban J connectivity index is 2.11. The van der Waals surface area contributed by atoms with Crippen molar-refractivity contribution in [2.75, 3.05) is 20.2 Å². The first kappa shape index (κ1) is 14.4. The minimum atomic E-state index is -0.114. The van der Waals surface area contributed by atoms with Gasteiger partial charge in [-0.25, -0.2) is 0 Å². The quantitative estimate of drug-likeness (QED) is 0.880. The van der Waals surface area contributed by atoms with E-state index in [1.807, 2.05) is 18.4 Å². The first-order valence-electron chi connectivity index (χ1n) is 6.44. The third-order valence-electron chi connectivity index (χ3n) is 3.38. The molecule has 1 saturated heterocycles. The molecule has 0 radical (unpaired) electrons. The number of halogens is 1. The molecular formula is C13H20ClN3O2. The highest BCUT2D eigenvalue weighted by atomic mass is 35.5. The standard InChI is InChI=1S/C13H20ClN3O2/c1-8(2)17-7-9(14)4-11(17)13(18)16-10-5-15-6-12(10)19-3/h4,7-8,10,12,15H,5-6H2,1-3H3,(H,16,18)/t10?,12-/m0/s1. The molecule has 2 rings (SSSR count). The monoisotopic (exact) mass is 285 g/mol. The Kier molecular flexibility index (Phi) is 4.50. The Hall–Kier alpha value is -1.04. The molecule has 6 heteroatoms. The average molecular weight is 286 g/mol. The Labute approximate surface area is 118 Å². The summed E-state index contributed by atoms with van der Waals surface area (Å²) < 4.78 is 7.21. The summed E-state index contributed by atoms with van der Waals surface area (Å²) in [6.45, 7) is 5.51. The lowest BCUT2D eigenvalue weighted by Gasteiger charge is -2.19. The molecule has 1 fully saturated rings. The Morgan fingerprint density at radius 3 is 2.95 bits per heavy atom. The molecule has 5 nitrogen and oxygen atoms in total. The number of carbonyl (C=O) groups is 1. The number of aromatic nitrogens is 1.